The molecule has 4 aliphatic heterocycles. The number of piperidine rings is 3. The number of Topliss-reactive ketones (excluding diaryl/α,β-unsaturated/α-hetero) is 1. The van der Waals surface area contributed by atoms with Gasteiger partial charge < -0.3 is 20.3 Å². The van der Waals surface area contributed by atoms with Crippen LogP contribution in [-0.4, -0.2) is 62.1 Å². The zero-order chi connectivity index (χ0) is 19.6. The van der Waals surface area contributed by atoms with Crippen LogP contribution in [0.4, 0.5) is 0 Å². The Balaban J connectivity index is 1.63. The third kappa shape index (κ3) is 2.41. The van der Waals surface area contributed by atoms with Crippen LogP contribution < -0.4 is 15.4 Å². The second-order valence-corrected chi connectivity index (χ2v) is 9.94. The van der Waals surface area contributed by atoms with Crippen molar-refractivity contribution in [2.75, 3.05) is 33.2 Å². The van der Waals surface area contributed by atoms with Gasteiger partial charge in [0, 0.05) is 47.4 Å². The van der Waals surface area contributed by atoms with Crippen LogP contribution in [0.2, 0.25) is 0 Å². The SMILES string of the molecule is CN1CCCC2C(=O)C3CCCNC3C3(c4ccccc4OC4CNCCC43)C21. The summed E-state index contributed by atoms with van der Waals surface area (Å²) in [5.74, 6) is 2.35. The lowest BCUT2D eigenvalue weighted by Crippen LogP contribution is -2.78. The van der Waals surface area contributed by atoms with Gasteiger partial charge in [-0.1, -0.05) is 18.2 Å². The summed E-state index contributed by atoms with van der Waals surface area (Å²) in [6.45, 7) is 4.07. The number of ketones is 1. The van der Waals surface area contributed by atoms with Crippen molar-refractivity contribution in [3.63, 3.8) is 0 Å². The molecule has 29 heavy (non-hydrogen) atoms. The predicted molar refractivity (Wildman–Crippen MR) is 112 cm³/mol. The number of para-hydroxylation sites is 1. The standard InChI is InChI=1S/C24H33N3O2/c1-27-13-5-7-16-21(28)15-6-4-11-26-22(15)24(23(16)27)17-8-2-3-9-19(17)29-20-14-25-12-10-18(20)24/h2-3,8-9,15-16,18,20,22-23,25-26H,4-7,10-14H2,1H3. The highest BCUT2D eigenvalue weighted by Gasteiger charge is 2.67. The monoisotopic (exact) mass is 395 g/mol. The van der Waals surface area contributed by atoms with Crippen LogP contribution in [0.25, 0.3) is 0 Å². The number of nitrogens with one attached hydrogen (secondary N) is 2. The molecule has 156 valence electrons. The van der Waals surface area contributed by atoms with E-state index in [4.69, 9.17) is 4.74 Å². The summed E-state index contributed by atoms with van der Waals surface area (Å²) in [4.78, 5) is 16.3. The van der Waals surface area contributed by atoms with Crippen LogP contribution in [0.5, 0.6) is 5.75 Å². The predicted octanol–water partition coefficient (Wildman–Crippen LogP) is 1.96. The molecule has 6 rings (SSSR count). The molecule has 4 heterocycles. The number of ether oxygens (including phenoxy) is 1. The van der Waals surface area contributed by atoms with Gasteiger partial charge in [-0.3, -0.25) is 4.79 Å². The molecular formula is C24H33N3O2. The van der Waals surface area contributed by atoms with Gasteiger partial charge in [0.1, 0.15) is 17.6 Å². The molecule has 1 aromatic rings. The van der Waals surface area contributed by atoms with E-state index in [-0.39, 0.29) is 35.4 Å². The lowest BCUT2D eigenvalue weighted by Gasteiger charge is -2.66. The van der Waals surface area contributed by atoms with Gasteiger partial charge >= 0.3 is 0 Å². The average molecular weight is 396 g/mol. The first-order valence-electron chi connectivity index (χ1n) is 11.7. The van der Waals surface area contributed by atoms with E-state index < -0.39 is 0 Å². The number of benzene rings is 1. The lowest BCUT2D eigenvalue weighted by molar-refractivity contribution is -0.153. The number of carbonyl (C=O) groups excluding carboxylic acids is 1. The third-order valence-electron chi connectivity index (χ3n) is 8.75. The second-order valence-electron chi connectivity index (χ2n) is 9.94. The van der Waals surface area contributed by atoms with Gasteiger partial charge in [-0.05, 0) is 64.9 Å². The first-order chi connectivity index (χ1) is 14.2. The summed E-state index contributed by atoms with van der Waals surface area (Å²) in [6.07, 6.45) is 5.66. The van der Waals surface area contributed by atoms with Crippen molar-refractivity contribution in [2.24, 2.45) is 17.8 Å². The molecule has 5 aliphatic rings. The van der Waals surface area contributed by atoms with Crippen LogP contribution in [0.3, 0.4) is 0 Å². The fourth-order valence-corrected chi connectivity index (χ4v) is 7.88. The number of fused-ring (bicyclic) bond motifs is 8. The smallest absolute Gasteiger partial charge is 0.142 e. The fourth-order valence-electron chi connectivity index (χ4n) is 7.88. The van der Waals surface area contributed by atoms with E-state index in [1.807, 2.05) is 0 Å². The fraction of sp³-hybridized carbons (Fsp3) is 0.708. The van der Waals surface area contributed by atoms with Gasteiger partial charge in [-0.15, -0.1) is 0 Å². The minimum atomic E-state index is -0.0551. The highest BCUT2D eigenvalue weighted by Crippen LogP contribution is 2.59. The lowest BCUT2D eigenvalue weighted by atomic mass is 9.46. The Morgan fingerprint density at radius 3 is 2.90 bits per heavy atom. The zero-order valence-electron chi connectivity index (χ0n) is 17.4. The van der Waals surface area contributed by atoms with Crippen molar-refractivity contribution in [3.8, 4) is 5.75 Å². The van der Waals surface area contributed by atoms with Crippen LogP contribution >= 0.6 is 0 Å². The summed E-state index contributed by atoms with van der Waals surface area (Å²) >= 11 is 0. The van der Waals surface area contributed by atoms with E-state index in [0.717, 1.165) is 64.0 Å². The molecular weight excluding hydrogens is 362 g/mol. The van der Waals surface area contributed by atoms with E-state index in [1.54, 1.807) is 0 Å². The molecule has 0 aromatic heterocycles. The Hall–Kier alpha value is -1.43. The molecule has 4 fully saturated rings. The largest absolute Gasteiger partial charge is 0.488 e. The summed E-state index contributed by atoms with van der Waals surface area (Å²) in [5.41, 5.74) is 1.31. The van der Waals surface area contributed by atoms with Gasteiger partial charge in [-0.25, -0.2) is 0 Å². The average Bonchev–Trinajstić information content (AvgIpc) is 2.77. The molecule has 1 saturated carbocycles. The summed E-state index contributed by atoms with van der Waals surface area (Å²) in [6, 6.07) is 9.25. The number of carbonyl (C=O) groups is 1. The van der Waals surface area contributed by atoms with E-state index in [2.05, 4.69) is 46.8 Å². The Kier molecular flexibility index (Phi) is 4.30. The van der Waals surface area contributed by atoms with Crippen LogP contribution in [0, 0.1) is 17.8 Å². The summed E-state index contributed by atoms with van der Waals surface area (Å²) in [7, 11) is 2.27. The molecule has 1 spiro atoms. The van der Waals surface area contributed by atoms with Crippen LogP contribution in [0.15, 0.2) is 24.3 Å². The third-order valence-corrected chi connectivity index (χ3v) is 8.75. The van der Waals surface area contributed by atoms with Crippen molar-refractivity contribution < 1.29 is 9.53 Å². The topological polar surface area (TPSA) is 53.6 Å². The highest BCUT2D eigenvalue weighted by molar-refractivity contribution is 5.87. The maximum absolute atomic E-state index is 13.7. The Morgan fingerprint density at radius 2 is 1.97 bits per heavy atom. The molecule has 2 N–H and O–H groups in total. The van der Waals surface area contributed by atoms with Crippen LogP contribution in [-0.2, 0) is 10.2 Å². The summed E-state index contributed by atoms with van der Waals surface area (Å²) in [5, 5.41) is 7.49. The molecule has 1 aliphatic carbocycles. The molecule has 1 aromatic carbocycles. The Morgan fingerprint density at radius 1 is 1.10 bits per heavy atom. The molecule has 0 radical (unpaired) electrons. The normalized spacial score (nSPS) is 44.2. The summed E-state index contributed by atoms with van der Waals surface area (Å²) < 4.78 is 6.59. The molecule has 3 saturated heterocycles. The van der Waals surface area contributed by atoms with Crippen molar-refractivity contribution >= 4 is 5.78 Å². The van der Waals surface area contributed by atoms with Crippen molar-refractivity contribution in [1.29, 1.82) is 0 Å². The van der Waals surface area contributed by atoms with Gasteiger partial charge in [0.2, 0.25) is 0 Å². The molecule has 7 unspecified atom stereocenters. The van der Waals surface area contributed by atoms with Crippen molar-refractivity contribution in [1.82, 2.24) is 15.5 Å². The first kappa shape index (κ1) is 18.3. The number of nitrogens with zero attached hydrogens (tertiary/aromatic N) is 1. The van der Waals surface area contributed by atoms with Gasteiger partial charge in [-0.2, -0.15) is 0 Å². The van der Waals surface area contributed by atoms with Crippen molar-refractivity contribution in [2.45, 2.75) is 55.7 Å². The van der Waals surface area contributed by atoms with E-state index in [1.165, 1.54) is 5.56 Å². The highest BCUT2D eigenvalue weighted by atomic mass is 16.5. The van der Waals surface area contributed by atoms with Crippen LogP contribution in [0.1, 0.15) is 37.7 Å². The quantitative estimate of drug-likeness (QED) is 0.703. The number of hydrogen-bond acceptors (Lipinski definition) is 5. The Labute approximate surface area is 173 Å². The minimum Gasteiger partial charge on any atom is -0.488 e. The van der Waals surface area contributed by atoms with Gasteiger partial charge in [0.15, 0.2) is 0 Å². The molecule has 7 atom stereocenters. The maximum Gasteiger partial charge on any atom is 0.142 e. The molecule has 0 bridgehead atoms. The molecule has 0 amide bonds. The Bertz CT molecular complexity index is 813. The second kappa shape index (κ2) is 6.79. The number of hydrogen-bond donors (Lipinski definition) is 2. The number of likely N-dealkylation sites (tertiary alicyclic amines) is 1. The van der Waals surface area contributed by atoms with E-state index >= 15 is 0 Å². The first-order valence-corrected chi connectivity index (χ1v) is 11.7. The van der Waals surface area contributed by atoms with Crippen molar-refractivity contribution in [3.05, 3.63) is 29.8 Å². The maximum atomic E-state index is 13.7. The van der Waals surface area contributed by atoms with Gasteiger partial charge in [0.05, 0.1) is 0 Å². The van der Waals surface area contributed by atoms with Gasteiger partial charge in [0.25, 0.3) is 0 Å². The minimum absolute atomic E-state index is 0.0551. The van der Waals surface area contributed by atoms with E-state index in [0.29, 0.717) is 11.7 Å². The molecule has 5 nitrogen and oxygen atoms in total. The van der Waals surface area contributed by atoms with E-state index in [9.17, 15) is 4.79 Å². The number of rotatable bonds is 0. The zero-order valence-corrected chi connectivity index (χ0v) is 17.4. The number of likely N-dealkylation sites (N-methyl/N-ethyl adjacent to an activating group) is 1. The molecule has 5 heteroatoms.